The minimum absolute atomic E-state index is 0.425. The lowest BCUT2D eigenvalue weighted by atomic mass is 9.45. The number of fused-ring (bicyclic) bond motifs is 5. The molecule has 0 aromatic rings. The van der Waals surface area contributed by atoms with Gasteiger partial charge in [-0.25, -0.2) is 4.79 Å². The maximum Gasteiger partial charge on any atom is 0.334 e. The van der Waals surface area contributed by atoms with Crippen LogP contribution in [0.1, 0.15) is 90.9 Å². The van der Waals surface area contributed by atoms with E-state index in [0.717, 1.165) is 30.1 Å². The Morgan fingerprint density at radius 3 is 2.56 bits per heavy atom. The zero-order valence-electron chi connectivity index (χ0n) is 17.7. The highest BCUT2D eigenvalue weighted by Gasteiger charge is 2.59. The Morgan fingerprint density at radius 2 is 1.78 bits per heavy atom. The number of hydrogen-bond donors (Lipinski definition) is 1. The first-order valence-electron chi connectivity index (χ1n) is 11.7. The Kier molecular flexibility index (Phi) is 5.37. The van der Waals surface area contributed by atoms with Crippen molar-refractivity contribution in [2.45, 2.75) is 97.0 Å². The van der Waals surface area contributed by atoms with Gasteiger partial charge in [-0.05, 0) is 105 Å². The first kappa shape index (κ1) is 19.7. The summed E-state index contributed by atoms with van der Waals surface area (Å²) in [6, 6.07) is 0. The monoisotopic (exact) mass is 376 g/mol. The highest BCUT2D eigenvalue weighted by Crippen LogP contribution is 2.67. The number of hydrogen-bond acceptors (Lipinski definition) is 3. The Labute approximate surface area is 165 Å². The van der Waals surface area contributed by atoms with E-state index in [9.17, 15) is 9.90 Å². The fourth-order valence-electron chi connectivity index (χ4n) is 8.49. The van der Waals surface area contributed by atoms with Crippen molar-refractivity contribution >= 4 is 5.97 Å². The lowest BCUT2D eigenvalue weighted by molar-refractivity contribution is -0.151. The van der Waals surface area contributed by atoms with Crippen LogP contribution in [0.5, 0.6) is 0 Å². The quantitative estimate of drug-likeness (QED) is 0.673. The SMILES string of the molecule is COC(=O)C(O)CCC1CCC2C3CCC4CCCCC4(C)C3CCC12C. The molecule has 4 fully saturated rings. The van der Waals surface area contributed by atoms with E-state index >= 15 is 0 Å². The molecular formula is C24H40O3. The molecule has 0 spiro atoms. The van der Waals surface area contributed by atoms with Crippen LogP contribution >= 0.6 is 0 Å². The zero-order valence-corrected chi connectivity index (χ0v) is 17.7. The third kappa shape index (κ3) is 3.16. The van der Waals surface area contributed by atoms with Crippen molar-refractivity contribution in [3.8, 4) is 0 Å². The van der Waals surface area contributed by atoms with Gasteiger partial charge >= 0.3 is 5.97 Å². The van der Waals surface area contributed by atoms with Gasteiger partial charge in [0.2, 0.25) is 0 Å². The van der Waals surface area contributed by atoms with Crippen molar-refractivity contribution < 1.29 is 14.6 Å². The van der Waals surface area contributed by atoms with E-state index < -0.39 is 12.1 Å². The highest BCUT2D eigenvalue weighted by atomic mass is 16.5. The van der Waals surface area contributed by atoms with Crippen LogP contribution in [-0.4, -0.2) is 24.3 Å². The molecule has 0 heterocycles. The second-order valence-electron chi connectivity index (χ2n) is 10.8. The lowest BCUT2D eigenvalue weighted by Gasteiger charge is -2.60. The van der Waals surface area contributed by atoms with Crippen LogP contribution in [0.3, 0.4) is 0 Å². The van der Waals surface area contributed by atoms with Crippen molar-refractivity contribution in [1.29, 1.82) is 0 Å². The normalized spacial score (nSPS) is 47.5. The van der Waals surface area contributed by atoms with Crippen molar-refractivity contribution in [3.05, 3.63) is 0 Å². The summed E-state index contributed by atoms with van der Waals surface area (Å²) in [7, 11) is 1.36. The summed E-state index contributed by atoms with van der Waals surface area (Å²) in [5.41, 5.74) is 1.04. The number of ether oxygens (including phenoxy) is 1. The van der Waals surface area contributed by atoms with Gasteiger partial charge in [0.05, 0.1) is 7.11 Å². The number of rotatable bonds is 4. The van der Waals surface area contributed by atoms with E-state index in [2.05, 4.69) is 13.8 Å². The topological polar surface area (TPSA) is 46.5 Å². The molecule has 0 amide bonds. The molecule has 4 saturated carbocycles. The number of carbonyl (C=O) groups is 1. The van der Waals surface area contributed by atoms with E-state index in [1.807, 2.05) is 0 Å². The van der Waals surface area contributed by atoms with Gasteiger partial charge in [0.25, 0.3) is 0 Å². The van der Waals surface area contributed by atoms with Gasteiger partial charge in [-0.3, -0.25) is 0 Å². The summed E-state index contributed by atoms with van der Waals surface area (Å²) in [4.78, 5) is 11.6. The van der Waals surface area contributed by atoms with Crippen molar-refractivity contribution in [2.24, 2.45) is 40.4 Å². The van der Waals surface area contributed by atoms with Crippen LogP contribution < -0.4 is 0 Å². The summed E-state index contributed by atoms with van der Waals surface area (Å²) in [5, 5.41) is 10.0. The molecule has 0 aromatic heterocycles. The van der Waals surface area contributed by atoms with Gasteiger partial charge in [0.1, 0.15) is 0 Å². The third-order valence-corrected chi connectivity index (χ3v) is 10.0. The average molecular weight is 377 g/mol. The molecule has 154 valence electrons. The summed E-state index contributed by atoms with van der Waals surface area (Å²) < 4.78 is 4.70. The van der Waals surface area contributed by atoms with Crippen molar-refractivity contribution in [3.63, 3.8) is 0 Å². The molecular weight excluding hydrogens is 336 g/mol. The average Bonchev–Trinajstić information content (AvgIpc) is 3.01. The number of aliphatic hydroxyl groups excluding tert-OH is 1. The van der Waals surface area contributed by atoms with Gasteiger partial charge in [-0.2, -0.15) is 0 Å². The Balaban J connectivity index is 1.46. The van der Waals surface area contributed by atoms with E-state index in [1.54, 1.807) is 0 Å². The molecule has 1 N–H and O–H groups in total. The first-order valence-corrected chi connectivity index (χ1v) is 11.7. The summed E-state index contributed by atoms with van der Waals surface area (Å²) >= 11 is 0. The summed E-state index contributed by atoms with van der Waals surface area (Å²) in [6.07, 6.45) is 14.8. The molecule has 0 aliphatic heterocycles. The van der Waals surface area contributed by atoms with Gasteiger partial charge in [0, 0.05) is 0 Å². The highest BCUT2D eigenvalue weighted by molar-refractivity contribution is 5.74. The molecule has 8 atom stereocenters. The van der Waals surface area contributed by atoms with Crippen LogP contribution in [0.15, 0.2) is 0 Å². The molecule has 0 bridgehead atoms. The lowest BCUT2D eigenvalue weighted by Crippen LogP contribution is -2.52. The second kappa shape index (κ2) is 7.35. The van der Waals surface area contributed by atoms with Crippen LogP contribution in [0, 0.1) is 40.4 Å². The smallest absolute Gasteiger partial charge is 0.334 e. The molecule has 3 heteroatoms. The standard InChI is InChI=1S/C24H40O3/c1-23-14-5-4-6-16(23)7-10-18-19-11-8-17(9-12-21(25)22(26)27-3)24(19,2)15-13-20(18)23/h16-21,25H,4-15H2,1-3H3. The molecule has 8 unspecified atom stereocenters. The van der Waals surface area contributed by atoms with Crippen LogP contribution in [0.2, 0.25) is 0 Å². The first-order chi connectivity index (χ1) is 12.9. The van der Waals surface area contributed by atoms with Crippen LogP contribution in [0.4, 0.5) is 0 Å². The molecule has 27 heavy (non-hydrogen) atoms. The molecule has 4 rings (SSSR count). The predicted octanol–water partition coefficient (Wildman–Crippen LogP) is 5.35. The maximum absolute atomic E-state index is 11.6. The second-order valence-corrected chi connectivity index (χ2v) is 10.8. The molecule has 0 radical (unpaired) electrons. The zero-order chi connectivity index (χ0) is 19.2. The van der Waals surface area contributed by atoms with E-state index in [0.29, 0.717) is 23.2 Å². The molecule has 4 aliphatic rings. The maximum atomic E-state index is 11.6. The Bertz CT molecular complexity index is 560. The van der Waals surface area contributed by atoms with Crippen LogP contribution in [-0.2, 0) is 9.53 Å². The molecule has 4 aliphatic carbocycles. The largest absolute Gasteiger partial charge is 0.467 e. The minimum atomic E-state index is -0.939. The fourth-order valence-corrected chi connectivity index (χ4v) is 8.49. The van der Waals surface area contributed by atoms with Gasteiger partial charge in [0.15, 0.2) is 6.10 Å². The van der Waals surface area contributed by atoms with Crippen molar-refractivity contribution in [1.82, 2.24) is 0 Å². The van der Waals surface area contributed by atoms with E-state index in [-0.39, 0.29) is 0 Å². The third-order valence-electron chi connectivity index (χ3n) is 10.0. The van der Waals surface area contributed by atoms with Gasteiger partial charge in [-0.1, -0.05) is 26.7 Å². The fraction of sp³-hybridized carbons (Fsp3) is 0.958. The molecule has 0 saturated heterocycles. The molecule has 3 nitrogen and oxygen atoms in total. The Hall–Kier alpha value is -0.570. The Morgan fingerprint density at radius 1 is 1.00 bits per heavy atom. The molecule has 0 aromatic carbocycles. The number of esters is 1. The summed E-state index contributed by atoms with van der Waals surface area (Å²) in [5.74, 6) is 3.94. The predicted molar refractivity (Wildman–Crippen MR) is 107 cm³/mol. The van der Waals surface area contributed by atoms with Gasteiger partial charge in [-0.15, -0.1) is 0 Å². The van der Waals surface area contributed by atoms with Gasteiger partial charge < -0.3 is 9.84 Å². The summed E-state index contributed by atoms with van der Waals surface area (Å²) in [6.45, 7) is 5.20. The van der Waals surface area contributed by atoms with E-state index in [1.165, 1.54) is 71.3 Å². The van der Waals surface area contributed by atoms with Crippen LogP contribution in [0.25, 0.3) is 0 Å². The number of carbonyl (C=O) groups excluding carboxylic acids is 1. The number of aliphatic hydroxyl groups is 1. The number of methoxy groups -OCH3 is 1. The minimum Gasteiger partial charge on any atom is -0.467 e. The van der Waals surface area contributed by atoms with E-state index in [4.69, 9.17) is 4.74 Å². The van der Waals surface area contributed by atoms with Crippen molar-refractivity contribution in [2.75, 3.05) is 7.11 Å².